The summed E-state index contributed by atoms with van der Waals surface area (Å²) in [5, 5.41) is 10.4. The molecule has 0 spiro atoms. The molecule has 142 valence electrons. The van der Waals surface area contributed by atoms with E-state index in [1.54, 1.807) is 14.2 Å². The van der Waals surface area contributed by atoms with Crippen LogP contribution in [0.5, 0.6) is 11.5 Å². The third-order valence-corrected chi connectivity index (χ3v) is 4.15. The van der Waals surface area contributed by atoms with Crippen LogP contribution in [0.4, 0.5) is 0 Å². The van der Waals surface area contributed by atoms with E-state index in [9.17, 15) is 5.11 Å². The van der Waals surface area contributed by atoms with Gasteiger partial charge in [-0.15, -0.1) is 0 Å². The third-order valence-electron chi connectivity index (χ3n) is 4.15. The second kappa shape index (κ2) is 10.8. The SMILES string of the molecule is COCCN(Cc1cccc(OC)c1)CC(O)COc1ccccc1C. The molecule has 2 rings (SSSR count). The predicted octanol–water partition coefficient (Wildman–Crippen LogP) is 2.89. The van der Waals surface area contributed by atoms with Gasteiger partial charge in [-0.25, -0.2) is 0 Å². The van der Waals surface area contributed by atoms with E-state index in [0.717, 1.165) is 29.2 Å². The zero-order chi connectivity index (χ0) is 18.8. The number of hydrogen-bond acceptors (Lipinski definition) is 5. The van der Waals surface area contributed by atoms with Crippen LogP contribution in [0, 0.1) is 6.92 Å². The summed E-state index contributed by atoms with van der Waals surface area (Å²) in [5.41, 5.74) is 2.19. The molecule has 1 N–H and O–H groups in total. The predicted molar refractivity (Wildman–Crippen MR) is 103 cm³/mol. The van der Waals surface area contributed by atoms with Gasteiger partial charge in [-0.05, 0) is 36.2 Å². The van der Waals surface area contributed by atoms with Crippen LogP contribution in [0.25, 0.3) is 0 Å². The molecule has 0 heterocycles. The van der Waals surface area contributed by atoms with Gasteiger partial charge in [0.05, 0.1) is 13.7 Å². The molecule has 0 aliphatic carbocycles. The van der Waals surface area contributed by atoms with Crippen LogP contribution in [0.3, 0.4) is 0 Å². The van der Waals surface area contributed by atoms with Crippen molar-refractivity contribution >= 4 is 0 Å². The van der Waals surface area contributed by atoms with Gasteiger partial charge < -0.3 is 19.3 Å². The van der Waals surface area contributed by atoms with E-state index in [-0.39, 0.29) is 6.61 Å². The molecular weight excluding hydrogens is 330 g/mol. The number of methoxy groups -OCH3 is 2. The summed E-state index contributed by atoms with van der Waals surface area (Å²) >= 11 is 0. The quantitative estimate of drug-likeness (QED) is 0.669. The number of benzene rings is 2. The monoisotopic (exact) mass is 359 g/mol. The highest BCUT2D eigenvalue weighted by Crippen LogP contribution is 2.17. The molecule has 0 bridgehead atoms. The Bertz CT molecular complexity index is 662. The number of hydrogen-bond donors (Lipinski definition) is 1. The zero-order valence-electron chi connectivity index (χ0n) is 15.9. The second-order valence-electron chi connectivity index (χ2n) is 6.31. The van der Waals surface area contributed by atoms with Gasteiger partial charge >= 0.3 is 0 Å². The Morgan fingerprint density at radius 3 is 2.62 bits per heavy atom. The van der Waals surface area contributed by atoms with Crippen molar-refractivity contribution < 1.29 is 19.3 Å². The van der Waals surface area contributed by atoms with Crippen molar-refractivity contribution in [3.8, 4) is 11.5 Å². The molecule has 0 fully saturated rings. The molecule has 5 heteroatoms. The number of aliphatic hydroxyl groups excluding tert-OH is 1. The Labute approximate surface area is 156 Å². The van der Waals surface area contributed by atoms with Gasteiger partial charge in [-0.3, -0.25) is 4.90 Å². The minimum Gasteiger partial charge on any atom is -0.497 e. The summed E-state index contributed by atoms with van der Waals surface area (Å²) in [6.07, 6.45) is -0.586. The summed E-state index contributed by atoms with van der Waals surface area (Å²) in [6.45, 7) is 4.81. The highest BCUT2D eigenvalue weighted by Gasteiger charge is 2.14. The maximum absolute atomic E-state index is 10.4. The third kappa shape index (κ3) is 6.67. The molecule has 0 radical (unpaired) electrons. The van der Waals surface area contributed by atoms with E-state index in [4.69, 9.17) is 14.2 Å². The fourth-order valence-corrected chi connectivity index (χ4v) is 2.74. The van der Waals surface area contributed by atoms with Crippen LogP contribution in [0.15, 0.2) is 48.5 Å². The van der Waals surface area contributed by atoms with Crippen molar-refractivity contribution in [1.82, 2.24) is 4.90 Å². The zero-order valence-corrected chi connectivity index (χ0v) is 15.9. The number of aliphatic hydroxyl groups is 1. The van der Waals surface area contributed by atoms with Gasteiger partial charge in [-0.1, -0.05) is 30.3 Å². The first kappa shape index (κ1) is 20.2. The average molecular weight is 359 g/mol. The minimum atomic E-state index is -0.586. The first-order valence-electron chi connectivity index (χ1n) is 8.83. The molecule has 26 heavy (non-hydrogen) atoms. The average Bonchev–Trinajstić information content (AvgIpc) is 2.65. The van der Waals surface area contributed by atoms with Crippen molar-refractivity contribution in [3.05, 3.63) is 59.7 Å². The molecule has 0 amide bonds. The van der Waals surface area contributed by atoms with Crippen molar-refractivity contribution in [2.24, 2.45) is 0 Å². The molecular formula is C21H29NO4. The Balaban J connectivity index is 1.92. The fourth-order valence-electron chi connectivity index (χ4n) is 2.74. The van der Waals surface area contributed by atoms with Crippen LogP contribution in [0.2, 0.25) is 0 Å². The molecule has 1 atom stereocenters. The first-order chi connectivity index (χ1) is 12.6. The first-order valence-corrected chi connectivity index (χ1v) is 8.83. The van der Waals surface area contributed by atoms with Gasteiger partial charge in [0.2, 0.25) is 0 Å². The topological polar surface area (TPSA) is 51.2 Å². The molecule has 0 saturated carbocycles. The molecule has 0 aromatic heterocycles. The van der Waals surface area contributed by atoms with Gasteiger partial charge in [0.1, 0.15) is 24.2 Å². The van der Waals surface area contributed by atoms with E-state index < -0.39 is 6.10 Å². The van der Waals surface area contributed by atoms with Gasteiger partial charge in [0.25, 0.3) is 0 Å². The van der Waals surface area contributed by atoms with Crippen molar-refractivity contribution in [1.29, 1.82) is 0 Å². The fraction of sp³-hybridized carbons (Fsp3) is 0.429. The molecule has 0 saturated heterocycles. The van der Waals surface area contributed by atoms with Gasteiger partial charge in [-0.2, -0.15) is 0 Å². The Morgan fingerprint density at radius 2 is 1.88 bits per heavy atom. The van der Waals surface area contributed by atoms with E-state index in [1.165, 1.54) is 0 Å². The second-order valence-corrected chi connectivity index (χ2v) is 6.31. The van der Waals surface area contributed by atoms with Crippen molar-refractivity contribution in [3.63, 3.8) is 0 Å². The lowest BCUT2D eigenvalue weighted by atomic mass is 10.2. The van der Waals surface area contributed by atoms with E-state index >= 15 is 0 Å². The molecule has 1 unspecified atom stereocenters. The molecule has 2 aromatic carbocycles. The van der Waals surface area contributed by atoms with Crippen LogP contribution in [-0.4, -0.2) is 56.6 Å². The van der Waals surface area contributed by atoms with Crippen LogP contribution in [0.1, 0.15) is 11.1 Å². The highest BCUT2D eigenvalue weighted by atomic mass is 16.5. The smallest absolute Gasteiger partial charge is 0.122 e. The standard InChI is InChI=1S/C21H29NO4/c1-17-7-4-5-10-21(17)26-16-19(23)15-22(11-12-24-2)14-18-8-6-9-20(13-18)25-3/h4-10,13,19,23H,11-12,14-16H2,1-3H3. The lowest BCUT2D eigenvalue weighted by Crippen LogP contribution is -2.37. The number of rotatable bonds is 11. The summed E-state index contributed by atoms with van der Waals surface area (Å²) in [4.78, 5) is 2.16. The molecule has 0 aliphatic heterocycles. The number of nitrogens with zero attached hydrogens (tertiary/aromatic N) is 1. The summed E-state index contributed by atoms with van der Waals surface area (Å²) in [6, 6.07) is 15.8. The van der Waals surface area contributed by atoms with E-state index in [1.807, 2.05) is 49.4 Å². The summed E-state index contributed by atoms with van der Waals surface area (Å²) in [5.74, 6) is 1.64. The van der Waals surface area contributed by atoms with Crippen molar-refractivity contribution in [2.75, 3.05) is 40.5 Å². The molecule has 0 aliphatic rings. The summed E-state index contributed by atoms with van der Waals surface area (Å²) < 4.78 is 16.2. The van der Waals surface area contributed by atoms with Crippen LogP contribution >= 0.6 is 0 Å². The molecule has 5 nitrogen and oxygen atoms in total. The number of para-hydroxylation sites is 1. The maximum atomic E-state index is 10.4. The number of aryl methyl sites for hydroxylation is 1. The Kier molecular flexibility index (Phi) is 8.41. The van der Waals surface area contributed by atoms with Crippen LogP contribution < -0.4 is 9.47 Å². The number of ether oxygens (including phenoxy) is 3. The lowest BCUT2D eigenvalue weighted by molar-refractivity contribution is 0.0540. The normalized spacial score (nSPS) is 12.2. The molecule has 2 aromatic rings. The summed E-state index contributed by atoms with van der Waals surface area (Å²) in [7, 11) is 3.34. The van der Waals surface area contributed by atoms with E-state index in [0.29, 0.717) is 19.7 Å². The Hall–Kier alpha value is -2.08. The van der Waals surface area contributed by atoms with Gasteiger partial charge in [0, 0.05) is 26.7 Å². The van der Waals surface area contributed by atoms with Gasteiger partial charge in [0.15, 0.2) is 0 Å². The van der Waals surface area contributed by atoms with E-state index in [2.05, 4.69) is 11.0 Å². The lowest BCUT2D eigenvalue weighted by Gasteiger charge is -2.25. The van der Waals surface area contributed by atoms with Crippen molar-refractivity contribution in [2.45, 2.75) is 19.6 Å². The minimum absolute atomic E-state index is 0.256. The largest absolute Gasteiger partial charge is 0.497 e. The maximum Gasteiger partial charge on any atom is 0.122 e. The van der Waals surface area contributed by atoms with Crippen LogP contribution in [-0.2, 0) is 11.3 Å². The highest BCUT2D eigenvalue weighted by molar-refractivity contribution is 5.31. The Morgan fingerprint density at radius 1 is 1.08 bits per heavy atom.